The maximum Gasteiger partial charge on any atom is 0.459 e. The maximum absolute atomic E-state index is 6.69. The molecule has 2 atom stereocenters. The zero-order valence-corrected chi connectivity index (χ0v) is 28.2. The number of allylic oxidation sites excluding steroid dienone is 2. The smallest absolute Gasteiger partial charge is 0.422 e. The second-order valence-electron chi connectivity index (χ2n) is 9.89. The summed E-state index contributed by atoms with van der Waals surface area (Å²) in [5.74, 6) is 2.01. The summed E-state index contributed by atoms with van der Waals surface area (Å²) in [4.78, 5) is 0. The molecule has 2 unspecified atom stereocenters. The number of nitrogens with zero attached hydrogens (tertiary/aromatic N) is 3. The Morgan fingerprint density at radius 3 is 1.04 bits per heavy atom. The normalized spacial score (nSPS) is 19.7. The molecule has 0 bridgehead atoms. The molecule has 46 heavy (non-hydrogen) atoms. The summed E-state index contributed by atoms with van der Waals surface area (Å²) in [7, 11) is -11.1. The molecule has 0 amide bonds. The van der Waals surface area contributed by atoms with Gasteiger partial charge in [-0.25, -0.2) is 0 Å². The van der Waals surface area contributed by atoms with Crippen LogP contribution < -0.4 is 18.1 Å². The average molecular weight is 678 g/mol. The van der Waals surface area contributed by atoms with Gasteiger partial charge in [-0.3, -0.25) is 9.05 Å². The van der Waals surface area contributed by atoms with Crippen molar-refractivity contribution >= 4 is 23.0 Å². The largest absolute Gasteiger partial charge is 0.459 e. The second-order valence-corrected chi connectivity index (χ2v) is 16.2. The Morgan fingerprint density at radius 1 is 0.435 bits per heavy atom. The van der Waals surface area contributed by atoms with E-state index in [1.54, 1.807) is 0 Å². The highest BCUT2D eigenvalue weighted by atomic mass is 31.3. The van der Waals surface area contributed by atoms with Crippen molar-refractivity contribution in [1.29, 1.82) is 0 Å². The minimum Gasteiger partial charge on any atom is -0.422 e. The van der Waals surface area contributed by atoms with Crippen LogP contribution in [-0.2, 0) is 9.05 Å². The zero-order chi connectivity index (χ0) is 32.0. The van der Waals surface area contributed by atoms with Gasteiger partial charge in [0.05, 0.1) is 13.2 Å². The highest BCUT2D eigenvalue weighted by Crippen LogP contribution is 2.79. The van der Waals surface area contributed by atoms with Crippen LogP contribution in [0.1, 0.15) is 25.7 Å². The molecule has 0 N–H and O–H groups in total. The van der Waals surface area contributed by atoms with Gasteiger partial charge in [0.25, 0.3) is 0 Å². The summed E-state index contributed by atoms with van der Waals surface area (Å²) in [6, 6.07) is 37.1. The lowest BCUT2D eigenvalue weighted by Gasteiger charge is -2.33. The first-order chi connectivity index (χ1) is 22.6. The van der Waals surface area contributed by atoms with Gasteiger partial charge in [0.2, 0.25) is 0 Å². The molecule has 1 aliphatic rings. The van der Waals surface area contributed by atoms with Crippen molar-refractivity contribution in [2.45, 2.75) is 25.7 Å². The highest BCUT2D eigenvalue weighted by Gasteiger charge is 2.47. The summed E-state index contributed by atoms with van der Waals surface area (Å²) < 4.78 is 55.3. The van der Waals surface area contributed by atoms with Crippen LogP contribution in [0.25, 0.3) is 0 Å². The lowest BCUT2D eigenvalue weighted by molar-refractivity contribution is 0.288. The molecule has 4 aromatic carbocycles. The molecule has 0 spiro atoms. The Labute approximate surface area is 271 Å². The fraction of sp³-hybridized carbons (Fsp3) is 0.176. The predicted octanol–water partition coefficient (Wildman–Crippen LogP) is 12.1. The number of hydrogen-bond donors (Lipinski definition) is 0. The topological polar surface area (TPSA) is 92.5 Å². The van der Waals surface area contributed by atoms with Crippen LogP contribution in [0.4, 0.5) is 0 Å². The molecule has 1 heterocycles. The minimum absolute atomic E-state index is 0.276. The van der Waals surface area contributed by atoms with E-state index in [9.17, 15) is 0 Å². The zero-order valence-electron chi connectivity index (χ0n) is 25.5. The Hall–Kier alpha value is -3.83. The molecule has 0 saturated heterocycles. The number of benzene rings is 4. The van der Waals surface area contributed by atoms with E-state index in [0.717, 1.165) is 12.8 Å². The Balaban J connectivity index is 1.78. The standard InChI is InChI=1S/C34H38N3O6P3/c1-3-5-19-29-38-44(40-31-21-11-7-12-22-31)35-45(39-30-20-6-4-2,41-32-23-13-8-14-24-32)37-46(36-44,42-33-25-15-9-16-26-33)43-34-27-17-10-18-28-34/h3-4,7-18,21-28H,1-2,5-6,19-20,29-30H2. The van der Waals surface area contributed by atoms with E-state index < -0.39 is 23.0 Å². The van der Waals surface area contributed by atoms with E-state index in [4.69, 9.17) is 40.7 Å². The monoisotopic (exact) mass is 677 g/mol. The lowest BCUT2D eigenvalue weighted by atomic mass is 10.3. The summed E-state index contributed by atoms with van der Waals surface area (Å²) in [6.45, 7) is 8.25. The Kier molecular flexibility index (Phi) is 12.1. The van der Waals surface area contributed by atoms with Crippen molar-refractivity contribution in [3.05, 3.63) is 147 Å². The van der Waals surface area contributed by atoms with E-state index >= 15 is 0 Å². The van der Waals surface area contributed by atoms with Gasteiger partial charge in [0, 0.05) is 0 Å². The van der Waals surface area contributed by atoms with Crippen LogP contribution in [-0.4, -0.2) is 13.2 Å². The quantitative estimate of drug-likeness (QED) is 0.0591. The average Bonchev–Trinajstić information content (AvgIpc) is 3.07. The van der Waals surface area contributed by atoms with Crippen molar-refractivity contribution in [2.24, 2.45) is 13.5 Å². The summed E-state index contributed by atoms with van der Waals surface area (Å²) in [6.07, 6.45) is 6.47. The number of rotatable bonds is 18. The minimum atomic E-state index is -3.75. The third kappa shape index (κ3) is 9.59. The van der Waals surface area contributed by atoms with Crippen LogP contribution in [0.15, 0.2) is 160 Å². The van der Waals surface area contributed by atoms with Gasteiger partial charge in [0.1, 0.15) is 23.0 Å². The van der Waals surface area contributed by atoms with Crippen LogP contribution in [0, 0.1) is 0 Å². The molecular weight excluding hydrogens is 639 g/mol. The van der Waals surface area contributed by atoms with Gasteiger partial charge < -0.3 is 18.1 Å². The highest BCUT2D eigenvalue weighted by molar-refractivity contribution is 7.78. The van der Waals surface area contributed by atoms with Gasteiger partial charge in [-0.15, -0.1) is 26.7 Å². The van der Waals surface area contributed by atoms with E-state index in [1.807, 2.05) is 133 Å². The van der Waals surface area contributed by atoms with Crippen molar-refractivity contribution < 1.29 is 27.1 Å². The fourth-order valence-electron chi connectivity index (χ4n) is 4.10. The van der Waals surface area contributed by atoms with Gasteiger partial charge in [-0.05, 0) is 74.2 Å². The van der Waals surface area contributed by atoms with Gasteiger partial charge in [-0.1, -0.05) is 84.9 Å². The second kappa shape index (κ2) is 16.6. The Bertz CT molecular complexity index is 1620. The third-order valence-corrected chi connectivity index (χ3v) is 14.4. The van der Waals surface area contributed by atoms with Crippen molar-refractivity contribution in [3.8, 4) is 23.0 Å². The molecule has 0 aromatic heterocycles. The molecule has 240 valence electrons. The molecule has 0 saturated carbocycles. The first-order valence-electron chi connectivity index (χ1n) is 15.0. The first-order valence-corrected chi connectivity index (χ1v) is 19.6. The summed E-state index contributed by atoms with van der Waals surface area (Å²) >= 11 is 0. The molecule has 0 radical (unpaired) electrons. The van der Waals surface area contributed by atoms with E-state index in [0.29, 0.717) is 35.8 Å². The fourth-order valence-corrected chi connectivity index (χ4v) is 13.4. The van der Waals surface area contributed by atoms with E-state index in [-0.39, 0.29) is 13.2 Å². The molecular formula is C34H38N3O6P3. The van der Waals surface area contributed by atoms with Gasteiger partial charge in [0.15, 0.2) is 0 Å². The van der Waals surface area contributed by atoms with E-state index in [2.05, 4.69) is 13.2 Å². The SMILES string of the molecule is C=CCCCOP1(Oc2ccccc2)=NP(OCCCC=C)(Oc2ccccc2)=NP(Oc2ccccc2)(Oc2ccccc2)=N1. The molecule has 1 aliphatic heterocycles. The third-order valence-electron chi connectivity index (χ3n) is 6.17. The molecule has 9 nitrogen and oxygen atoms in total. The molecule has 0 aliphatic carbocycles. The number of para-hydroxylation sites is 4. The van der Waals surface area contributed by atoms with Crippen molar-refractivity contribution in [2.75, 3.05) is 13.2 Å². The van der Waals surface area contributed by atoms with Gasteiger partial charge in [-0.2, -0.15) is 0 Å². The predicted molar refractivity (Wildman–Crippen MR) is 187 cm³/mol. The number of unbranched alkanes of at least 4 members (excludes halogenated alkanes) is 2. The summed E-state index contributed by atoms with van der Waals surface area (Å²) in [5, 5.41) is 0. The van der Waals surface area contributed by atoms with E-state index in [1.165, 1.54) is 0 Å². The lowest BCUT2D eigenvalue weighted by Crippen LogP contribution is -2.10. The summed E-state index contributed by atoms with van der Waals surface area (Å²) in [5.41, 5.74) is 0. The molecule has 4 aromatic rings. The Morgan fingerprint density at radius 2 is 0.717 bits per heavy atom. The molecule has 5 rings (SSSR count). The van der Waals surface area contributed by atoms with Crippen LogP contribution in [0.5, 0.6) is 23.0 Å². The van der Waals surface area contributed by atoms with Crippen LogP contribution in [0.2, 0.25) is 0 Å². The molecule has 12 heteroatoms. The first kappa shape index (κ1) is 33.5. The van der Waals surface area contributed by atoms with Crippen LogP contribution >= 0.6 is 23.0 Å². The van der Waals surface area contributed by atoms with Crippen LogP contribution in [0.3, 0.4) is 0 Å². The van der Waals surface area contributed by atoms with Crippen molar-refractivity contribution in [3.63, 3.8) is 0 Å². The molecule has 0 fully saturated rings. The van der Waals surface area contributed by atoms with Gasteiger partial charge >= 0.3 is 23.0 Å². The number of hydrogen-bond acceptors (Lipinski definition) is 9. The maximum atomic E-state index is 6.69. The van der Waals surface area contributed by atoms with Crippen molar-refractivity contribution in [1.82, 2.24) is 0 Å².